The molecule has 1 saturated heterocycles. The van der Waals surface area contributed by atoms with E-state index in [9.17, 15) is 13.6 Å². The summed E-state index contributed by atoms with van der Waals surface area (Å²) in [5, 5.41) is 5.43. The van der Waals surface area contributed by atoms with E-state index in [1.54, 1.807) is 20.8 Å². The van der Waals surface area contributed by atoms with Crippen molar-refractivity contribution >= 4 is 6.09 Å². The predicted octanol–water partition coefficient (Wildman–Crippen LogP) is 1.90. The van der Waals surface area contributed by atoms with Gasteiger partial charge >= 0.3 is 6.09 Å². The van der Waals surface area contributed by atoms with Crippen molar-refractivity contribution < 1.29 is 18.3 Å². The largest absolute Gasteiger partial charge is 0.444 e. The molecule has 1 aliphatic heterocycles. The van der Waals surface area contributed by atoms with E-state index in [2.05, 4.69) is 10.6 Å². The van der Waals surface area contributed by atoms with E-state index in [-0.39, 0.29) is 25.9 Å². The number of alkyl halides is 2. The number of ether oxygens (including phenoxy) is 1. The summed E-state index contributed by atoms with van der Waals surface area (Å²) >= 11 is 0. The maximum Gasteiger partial charge on any atom is 0.407 e. The Morgan fingerprint density at radius 1 is 1.53 bits per heavy atom. The van der Waals surface area contributed by atoms with Crippen LogP contribution in [0.4, 0.5) is 13.6 Å². The second kappa shape index (κ2) is 5.16. The van der Waals surface area contributed by atoms with E-state index in [1.807, 2.05) is 0 Å². The fourth-order valence-corrected chi connectivity index (χ4v) is 1.66. The van der Waals surface area contributed by atoms with Gasteiger partial charge in [-0.3, -0.25) is 0 Å². The Bertz CT molecular complexity index is 277. The van der Waals surface area contributed by atoms with Crippen molar-refractivity contribution in [2.75, 3.05) is 13.1 Å². The van der Waals surface area contributed by atoms with E-state index in [0.717, 1.165) is 0 Å². The van der Waals surface area contributed by atoms with Gasteiger partial charge in [0, 0.05) is 32.0 Å². The van der Waals surface area contributed by atoms with Gasteiger partial charge in [-0.15, -0.1) is 0 Å². The zero-order valence-electron chi connectivity index (χ0n) is 10.5. The molecule has 0 aromatic carbocycles. The number of piperidine rings is 1. The number of alkyl carbamates (subject to hydrolysis) is 1. The molecule has 0 aliphatic carbocycles. The van der Waals surface area contributed by atoms with Crippen LogP contribution in [0, 0.1) is 0 Å². The van der Waals surface area contributed by atoms with Gasteiger partial charge < -0.3 is 15.4 Å². The Labute approximate surface area is 100 Å². The normalized spacial score (nSPS) is 24.2. The first kappa shape index (κ1) is 14.2. The molecule has 100 valence electrons. The van der Waals surface area contributed by atoms with Gasteiger partial charge in [-0.25, -0.2) is 13.6 Å². The van der Waals surface area contributed by atoms with Crippen molar-refractivity contribution in [2.24, 2.45) is 0 Å². The molecule has 0 saturated carbocycles. The molecule has 1 atom stereocenters. The fourth-order valence-electron chi connectivity index (χ4n) is 1.66. The van der Waals surface area contributed by atoms with Gasteiger partial charge in [0.25, 0.3) is 5.92 Å². The Morgan fingerprint density at radius 2 is 2.18 bits per heavy atom. The quantitative estimate of drug-likeness (QED) is 0.787. The van der Waals surface area contributed by atoms with Crippen LogP contribution < -0.4 is 10.6 Å². The molecular weight excluding hydrogens is 230 g/mol. The lowest BCUT2D eigenvalue weighted by Crippen LogP contribution is -2.49. The highest BCUT2D eigenvalue weighted by molar-refractivity contribution is 5.67. The lowest BCUT2D eigenvalue weighted by atomic mass is 10.0. The highest BCUT2D eigenvalue weighted by Gasteiger charge is 2.36. The third-order valence-corrected chi connectivity index (χ3v) is 2.36. The van der Waals surface area contributed by atoms with E-state index in [4.69, 9.17) is 4.74 Å². The summed E-state index contributed by atoms with van der Waals surface area (Å²) in [5.41, 5.74) is -0.575. The molecule has 1 fully saturated rings. The number of carbonyl (C=O) groups is 1. The lowest BCUT2D eigenvalue weighted by Gasteiger charge is -2.30. The van der Waals surface area contributed by atoms with Crippen LogP contribution in [0.1, 0.15) is 33.6 Å². The average molecular weight is 250 g/mol. The molecule has 1 rings (SSSR count). The Balaban J connectivity index is 2.29. The summed E-state index contributed by atoms with van der Waals surface area (Å²) in [6, 6.07) is -0.397. The molecule has 4 nitrogen and oxygen atoms in total. The molecular formula is C11H20F2N2O2. The molecule has 1 heterocycles. The summed E-state index contributed by atoms with van der Waals surface area (Å²) in [6.07, 6.45) is -0.966. The minimum absolute atomic E-state index is 0.143. The van der Waals surface area contributed by atoms with Gasteiger partial charge in [-0.05, 0) is 20.8 Å². The summed E-state index contributed by atoms with van der Waals surface area (Å²) in [4.78, 5) is 11.3. The van der Waals surface area contributed by atoms with Gasteiger partial charge in [0.1, 0.15) is 5.60 Å². The van der Waals surface area contributed by atoms with E-state index in [0.29, 0.717) is 0 Å². The molecule has 0 aromatic rings. The van der Waals surface area contributed by atoms with Crippen LogP contribution in [-0.2, 0) is 4.74 Å². The molecule has 1 unspecified atom stereocenters. The molecule has 0 aromatic heterocycles. The monoisotopic (exact) mass is 250 g/mol. The second-order valence-corrected chi connectivity index (χ2v) is 5.34. The summed E-state index contributed by atoms with van der Waals surface area (Å²) in [6.45, 7) is 5.68. The number of hydrogen-bond acceptors (Lipinski definition) is 3. The topological polar surface area (TPSA) is 50.4 Å². The van der Waals surface area contributed by atoms with Gasteiger partial charge in [0.15, 0.2) is 0 Å². The van der Waals surface area contributed by atoms with Crippen LogP contribution in [-0.4, -0.2) is 36.7 Å². The first-order valence-electron chi connectivity index (χ1n) is 5.76. The highest BCUT2D eigenvalue weighted by atomic mass is 19.3. The predicted molar refractivity (Wildman–Crippen MR) is 60.2 cm³/mol. The molecule has 17 heavy (non-hydrogen) atoms. The highest BCUT2D eigenvalue weighted by Crippen LogP contribution is 2.27. The first-order valence-corrected chi connectivity index (χ1v) is 5.76. The smallest absolute Gasteiger partial charge is 0.407 e. The zero-order valence-corrected chi connectivity index (χ0v) is 10.5. The zero-order chi connectivity index (χ0) is 13.1. The van der Waals surface area contributed by atoms with Crippen molar-refractivity contribution in [3.05, 3.63) is 0 Å². The van der Waals surface area contributed by atoms with Gasteiger partial charge in [-0.2, -0.15) is 0 Å². The van der Waals surface area contributed by atoms with Gasteiger partial charge in [0.05, 0.1) is 0 Å². The molecule has 6 heteroatoms. The minimum atomic E-state index is -2.63. The Morgan fingerprint density at radius 3 is 2.71 bits per heavy atom. The molecule has 0 radical (unpaired) electrons. The number of nitrogens with one attached hydrogen (secondary N) is 2. The van der Waals surface area contributed by atoms with Crippen LogP contribution >= 0.6 is 0 Å². The Kier molecular flexibility index (Phi) is 4.30. The maximum absolute atomic E-state index is 13.1. The van der Waals surface area contributed by atoms with Crippen molar-refractivity contribution in [3.8, 4) is 0 Å². The van der Waals surface area contributed by atoms with Crippen molar-refractivity contribution in [1.82, 2.24) is 10.6 Å². The fraction of sp³-hybridized carbons (Fsp3) is 0.909. The SMILES string of the molecule is CC(C)(C)OC(=O)NCC1CC(F)(F)CCN1. The van der Waals surface area contributed by atoms with Crippen molar-refractivity contribution in [2.45, 2.75) is 51.2 Å². The summed E-state index contributed by atoms with van der Waals surface area (Å²) < 4.78 is 31.1. The molecule has 0 bridgehead atoms. The molecule has 1 amide bonds. The van der Waals surface area contributed by atoms with Gasteiger partial charge in [0.2, 0.25) is 0 Å². The second-order valence-electron chi connectivity index (χ2n) is 5.34. The van der Waals surface area contributed by atoms with E-state index < -0.39 is 23.7 Å². The number of carbonyl (C=O) groups excluding carboxylic acids is 1. The summed E-state index contributed by atoms with van der Waals surface area (Å²) in [7, 11) is 0. The van der Waals surface area contributed by atoms with Crippen molar-refractivity contribution in [3.63, 3.8) is 0 Å². The van der Waals surface area contributed by atoms with Crippen LogP contribution in [0.5, 0.6) is 0 Å². The Hall–Kier alpha value is -0.910. The van der Waals surface area contributed by atoms with Gasteiger partial charge in [-0.1, -0.05) is 0 Å². The van der Waals surface area contributed by atoms with Crippen LogP contribution in [0.3, 0.4) is 0 Å². The number of hydrogen-bond donors (Lipinski definition) is 2. The molecule has 1 aliphatic rings. The number of amides is 1. The van der Waals surface area contributed by atoms with E-state index >= 15 is 0 Å². The standard InChI is InChI=1S/C11H20F2N2O2/c1-10(2,3)17-9(16)15-7-8-6-11(12,13)4-5-14-8/h8,14H,4-7H2,1-3H3,(H,15,16). The maximum atomic E-state index is 13.1. The van der Waals surface area contributed by atoms with E-state index in [1.165, 1.54) is 0 Å². The van der Waals surface area contributed by atoms with Crippen LogP contribution in [0.25, 0.3) is 0 Å². The first-order chi connectivity index (χ1) is 7.68. The van der Waals surface area contributed by atoms with Crippen molar-refractivity contribution in [1.29, 1.82) is 0 Å². The molecule has 0 spiro atoms. The minimum Gasteiger partial charge on any atom is -0.444 e. The number of halogens is 2. The third kappa shape index (κ3) is 5.81. The number of rotatable bonds is 2. The third-order valence-electron chi connectivity index (χ3n) is 2.36. The average Bonchev–Trinajstić information content (AvgIpc) is 2.10. The van der Waals surface area contributed by atoms with Crippen LogP contribution in [0.15, 0.2) is 0 Å². The van der Waals surface area contributed by atoms with Crippen LogP contribution in [0.2, 0.25) is 0 Å². The summed E-state index contributed by atoms with van der Waals surface area (Å²) in [5.74, 6) is -2.63. The lowest BCUT2D eigenvalue weighted by molar-refractivity contribution is -0.0411. The molecule has 2 N–H and O–H groups in total.